The summed E-state index contributed by atoms with van der Waals surface area (Å²) in [5.74, 6) is -1.18. The molecule has 0 bridgehead atoms. The molecule has 2 aliphatic carbocycles. The van der Waals surface area contributed by atoms with Gasteiger partial charge in [-0.15, -0.1) is 0 Å². The van der Waals surface area contributed by atoms with Crippen molar-refractivity contribution in [3.63, 3.8) is 0 Å². The topological polar surface area (TPSA) is 274 Å². The fourth-order valence-corrected chi connectivity index (χ4v) is 5.15. The van der Waals surface area contributed by atoms with Gasteiger partial charge < -0.3 is 25.5 Å². The Bertz CT molecular complexity index is 2060. The Kier molecular flexibility index (Phi) is 17.4. The number of anilines is 2. The average Bonchev–Trinajstić information content (AvgIpc) is 3.18. The summed E-state index contributed by atoms with van der Waals surface area (Å²) in [4.78, 5) is 45.9. The van der Waals surface area contributed by atoms with Crippen molar-refractivity contribution in [1.29, 1.82) is 0 Å². The van der Waals surface area contributed by atoms with Crippen LogP contribution in [0.5, 0.6) is 11.5 Å². The third-order valence-electron chi connectivity index (χ3n) is 7.94. The van der Waals surface area contributed by atoms with Crippen LogP contribution in [0.25, 0.3) is 12.2 Å². The number of nitro groups is 2. The predicted molar refractivity (Wildman–Crippen MR) is 210 cm³/mol. The van der Waals surface area contributed by atoms with E-state index in [2.05, 4.69) is 21.1 Å². The molecule has 0 atom stereocenters. The molecule has 57 heavy (non-hydrogen) atoms. The molecular formula is C38H38CrN7O11+. The van der Waals surface area contributed by atoms with Crippen LogP contribution < -0.4 is 10.9 Å². The van der Waals surface area contributed by atoms with Gasteiger partial charge in [0, 0.05) is 60.3 Å². The number of carbonyl (C=O) groups is 2. The largest absolute Gasteiger partial charge is 1.00 e. The fraction of sp³-hybridized carbons (Fsp3) is 0.158. The van der Waals surface area contributed by atoms with Crippen molar-refractivity contribution in [1.82, 2.24) is 4.90 Å². The molecule has 0 saturated heterocycles. The second kappa shape index (κ2) is 22.1. The molecule has 0 heterocycles. The molecule has 4 aromatic rings. The SMILES string of the molecule is O=C1C=Cc2ccccc2/C1=N/Nc1ccc([N+](=O)[O-])cc1O.O=C1C=Cc2ccccc2/C1=N/Nc1ccc([N+](=O)[O-])cc1O.OCCN(CCO)CCO.[Cr].[H+]. The number of nitrogens with one attached hydrogen (secondary N) is 2. The van der Waals surface area contributed by atoms with Crippen molar-refractivity contribution in [3.8, 4) is 11.5 Å². The number of aromatic hydroxyl groups is 2. The van der Waals surface area contributed by atoms with Gasteiger partial charge in [0.1, 0.15) is 22.9 Å². The molecule has 0 aromatic heterocycles. The summed E-state index contributed by atoms with van der Waals surface area (Å²) in [6, 6.07) is 21.7. The predicted octanol–water partition coefficient (Wildman–Crippen LogP) is 3.80. The molecule has 7 N–H and O–H groups in total. The van der Waals surface area contributed by atoms with Crippen LogP contribution in [-0.4, -0.2) is 103 Å². The zero-order chi connectivity index (χ0) is 40.6. The van der Waals surface area contributed by atoms with Crippen molar-refractivity contribution >= 4 is 57.9 Å². The maximum Gasteiger partial charge on any atom is 1.00 e. The molecule has 0 aliphatic heterocycles. The molecule has 0 unspecified atom stereocenters. The van der Waals surface area contributed by atoms with E-state index in [1.165, 1.54) is 36.4 Å². The smallest absolute Gasteiger partial charge is 0.505 e. The van der Waals surface area contributed by atoms with Gasteiger partial charge in [-0.3, -0.25) is 45.6 Å². The number of nitro benzene ring substituents is 2. The number of aliphatic hydroxyl groups is 3. The van der Waals surface area contributed by atoms with Gasteiger partial charge in [-0.2, -0.15) is 10.2 Å². The number of allylic oxidation sites excluding steroid dienone is 2. The second-order valence-corrected chi connectivity index (χ2v) is 11.6. The van der Waals surface area contributed by atoms with E-state index in [-0.39, 0.29) is 95.8 Å². The summed E-state index contributed by atoms with van der Waals surface area (Å²) in [6.45, 7) is 1.75. The van der Waals surface area contributed by atoms with Crippen LogP contribution >= 0.6 is 0 Å². The molecule has 0 fully saturated rings. The maximum absolute atomic E-state index is 12.0. The first-order chi connectivity index (χ1) is 27.0. The number of rotatable bonds is 12. The van der Waals surface area contributed by atoms with Gasteiger partial charge in [0.05, 0.1) is 53.2 Å². The van der Waals surface area contributed by atoms with E-state index in [4.69, 9.17) is 15.3 Å². The van der Waals surface area contributed by atoms with Gasteiger partial charge in [-0.1, -0.05) is 60.7 Å². The van der Waals surface area contributed by atoms with Crippen LogP contribution in [0.3, 0.4) is 0 Å². The molecule has 6 rings (SSSR count). The molecule has 18 nitrogen and oxygen atoms in total. The quantitative estimate of drug-likeness (QED) is 0.0609. The van der Waals surface area contributed by atoms with Gasteiger partial charge in [0.2, 0.25) is 11.6 Å². The number of benzene rings is 4. The normalized spacial score (nSPS) is 13.7. The van der Waals surface area contributed by atoms with Gasteiger partial charge >= 0.3 is 1.43 Å². The van der Waals surface area contributed by atoms with Crippen LogP contribution in [-0.2, 0) is 27.0 Å². The van der Waals surface area contributed by atoms with E-state index >= 15 is 0 Å². The number of fused-ring (bicyclic) bond motifs is 2. The summed E-state index contributed by atoms with van der Waals surface area (Å²) in [5, 5.41) is 74.4. The number of hydrogen-bond acceptors (Lipinski definition) is 16. The average molecular weight is 821 g/mol. The molecule has 19 heteroatoms. The van der Waals surface area contributed by atoms with Crippen molar-refractivity contribution in [2.75, 3.05) is 50.3 Å². The number of phenolic OH excluding ortho intramolecular Hbond substituents is 2. The van der Waals surface area contributed by atoms with Crippen molar-refractivity contribution in [3.05, 3.63) is 140 Å². The Labute approximate surface area is 337 Å². The Hall–Kier alpha value is -6.59. The Balaban J connectivity index is 0.000000318. The number of non-ortho nitro benzene ring substituents is 2. The third-order valence-corrected chi connectivity index (χ3v) is 7.94. The summed E-state index contributed by atoms with van der Waals surface area (Å²) < 4.78 is 0. The first-order valence-electron chi connectivity index (χ1n) is 16.8. The minimum absolute atomic E-state index is 0. The zero-order valence-electron chi connectivity index (χ0n) is 31.0. The second-order valence-electron chi connectivity index (χ2n) is 11.6. The molecule has 0 spiro atoms. The van der Waals surface area contributed by atoms with Crippen molar-refractivity contribution in [2.45, 2.75) is 0 Å². The van der Waals surface area contributed by atoms with Gasteiger partial charge in [-0.05, 0) is 35.4 Å². The summed E-state index contributed by atoms with van der Waals surface area (Å²) in [6.07, 6.45) is 6.25. The number of hydrogen-bond donors (Lipinski definition) is 7. The van der Waals surface area contributed by atoms with E-state index in [9.17, 15) is 40.0 Å². The number of hydrazone groups is 2. The Morgan fingerprint density at radius 3 is 1.30 bits per heavy atom. The molecule has 0 saturated carbocycles. The van der Waals surface area contributed by atoms with Crippen LogP contribution in [0.4, 0.5) is 22.7 Å². The number of nitrogens with zero attached hydrogens (tertiary/aromatic N) is 5. The minimum atomic E-state index is -0.610. The van der Waals surface area contributed by atoms with Crippen LogP contribution in [0, 0.1) is 20.2 Å². The zero-order valence-corrected chi connectivity index (χ0v) is 31.2. The molecular weight excluding hydrogens is 782 g/mol. The number of ketones is 2. The van der Waals surface area contributed by atoms with E-state index in [0.29, 0.717) is 30.8 Å². The van der Waals surface area contributed by atoms with Crippen molar-refractivity contribution in [2.24, 2.45) is 10.2 Å². The van der Waals surface area contributed by atoms with Gasteiger partial charge in [0.15, 0.2) is 0 Å². The van der Waals surface area contributed by atoms with E-state index in [1.54, 1.807) is 41.3 Å². The Morgan fingerprint density at radius 1 is 0.596 bits per heavy atom. The first kappa shape index (κ1) is 44.8. The minimum Gasteiger partial charge on any atom is -0.505 e. The summed E-state index contributed by atoms with van der Waals surface area (Å²) >= 11 is 0. The third kappa shape index (κ3) is 12.5. The maximum atomic E-state index is 12.0. The molecule has 2 aliphatic rings. The molecule has 4 aromatic carbocycles. The van der Waals surface area contributed by atoms with E-state index < -0.39 is 9.85 Å². The first-order valence-corrected chi connectivity index (χ1v) is 16.8. The van der Waals surface area contributed by atoms with Crippen LogP contribution in [0.2, 0.25) is 0 Å². The van der Waals surface area contributed by atoms with Crippen molar-refractivity contribution < 1.29 is 63.8 Å². The molecule has 296 valence electrons. The van der Waals surface area contributed by atoms with E-state index in [0.717, 1.165) is 23.3 Å². The monoisotopic (exact) mass is 820 g/mol. The summed E-state index contributed by atoms with van der Waals surface area (Å²) in [5.41, 5.74) is 8.52. The Morgan fingerprint density at radius 2 is 0.965 bits per heavy atom. The van der Waals surface area contributed by atoms with Crippen LogP contribution in [0.15, 0.2) is 107 Å². The van der Waals surface area contributed by atoms with Crippen LogP contribution in [0.1, 0.15) is 23.7 Å². The van der Waals surface area contributed by atoms with Gasteiger partial charge in [0.25, 0.3) is 11.4 Å². The molecule has 0 amide bonds. The standard InChI is InChI=1S/2C16H11N3O4.C6H15NO3.Cr/c2*20-14-8-5-10-3-1-2-4-12(10)16(14)18-17-13-7-6-11(19(22)23)9-15(13)21;8-4-1-7(2-5-9)3-6-10;/h2*1-9,17,21H;8-10H,1-6H2;/p+1/b2*18-16-;;. The number of phenols is 2. The molecule has 0 radical (unpaired) electrons. The fourth-order valence-electron chi connectivity index (χ4n) is 5.15. The number of carbonyl (C=O) groups excluding carboxylic acids is 2. The summed E-state index contributed by atoms with van der Waals surface area (Å²) in [7, 11) is 0. The van der Waals surface area contributed by atoms with E-state index in [1.807, 2.05) is 24.3 Å². The number of aliphatic hydroxyl groups excluding tert-OH is 3. The van der Waals surface area contributed by atoms with Gasteiger partial charge in [-0.25, -0.2) is 0 Å².